The second-order valence-corrected chi connectivity index (χ2v) is 7.90. The second-order valence-electron chi connectivity index (χ2n) is 6.79. The van der Waals surface area contributed by atoms with E-state index in [2.05, 4.69) is 16.0 Å². The van der Waals surface area contributed by atoms with Gasteiger partial charge in [-0.2, -0.15) is 0 Å². The predicted molar refractivity (Wildman–Crippen MR) is 109 cm³/mol. The largest absolute Gasteiger partial charge is 0.368 e. The summed E-state index contributed by atoms with van der Waals surface area (Å²) < 4.78 is 2.53. The first-order valence-electron chi connectivity index (χ1n) is 8.94. The third kappa shape index (κ3) is 3.64. The summed E-state index contributed by atoms with van der Waals surface area (Å²) in [5.74, 6) is -0.0228. The highest BCUT2D eigenvalue weighted by atomic mass is 32.1. The summed E-state index contributed by atoms with van der Waals surface area (Å²) >= 11 is 1.66. The van der Waals surface area contributed by atoms with Crippen LogP contribution in [-0.4, -0.2) is 27.5 Å². The molecule has 0 radical (unpaired) electrons. The van der Waals surface area contributed by atoms with Crippen molar-refractivity contribution in [3.05, 3.63) is 69.7 Å². The molecule has 0 saturated carbocycles. The quantitative estimate of drug-likeness (QED) is 0.503. The van der Waals surface area contributed by atoms with Crippen LogP contribution in [0.1, 0.15) is 10.8 Å². The van der Waals surface area contributed by atoms with E-state index in [-0.39, 0.29) is 12.1 Å². The van der Waals surface area contributed by atoms with Crippen molar-refractivity contribution in [1.82, 2.24) is 14.5 Å². The number of hydrogen-bond acceptors (Lipinski definition) is 5. The molecular formula is C20H20N5O2S+. The van der Waals surface area contributed by atoms with E-state index in [9.17, 15) is 9.59 Å². The number of fused-ring (bicyclic) bond motifs is 2. The summed E-state index contributed by atoms with van der Waals surface area (Å²) in [5, 5.41) is 1.50. The van der Waals surface area contributed by atoms with Gasteiger partial charge in [-0.15, -0.1) is 11.3 Å². The normalized spacial score (nSPS) is 12.5. The molecule has 0 spiro atoms. The second kappa shape index (κ2) is 7.49. The summed E-state index contributed by atoms with van der Waals surface area (Å²) in [6.45, 7) is 0.988. The number of aromatic nitrogens is 3. The van der Waals surface area contributed by atoms with Crippen molar-refractivity contribution in [3.63, 3.8) is 0 Å². The Bertz CT molecular complexity index is 1200. The van der Waals surface area contributed by atoms with E-state index in [0.717, 1.165) is 20.1 Å². The molecule has 7 nitrogen and oxygen atoms in total. The highest BCUT2D eigenvalue weighted by Crippen LogP contribution is 2.20. The zero-order chi connectivity index (χ0) is 19.7. The van der Waals surface area contributed by atoms with Crippen LogP contribution in [0.15, 0.2) is 53.3 Å². The summed E-state index contributed by atoms with van der Waals surface area (Å²) in [6, 6.07) is 15.2. The molecule has 2 aromatic carbocycles. The van der Waals surface area contributed by atoms with Crippen LogP contribution in [0.3, 0.4) is 0 Å². The van der Waals surface area contributed by atoms with Gasteiger partial charge in [0.05, 0.1) is 28.2 Å². The number of para-hydroxylation sites is 2. The molecule has 0 aliphatic carbocycles. The van der Waals surface area contributed by atoms with Crippen molar-refractivity contribution in [3.8, 4) is 0 Å². The van der Waals surface area contributed by atoms with Gasteiger partial charge in [0.15, 0.2) is 5.82 Å². The zero-order valence-corrected chi connectivity index (χ0v) is 16.2. The third-order valence-electron chi connectivity index (χ3n) is 4.51. The highest BCUT2D eigenvalue weighted by molar-refractivity contribution is 7.18. The van der Waals surface area contributed by atoms with Gasteiger partial charge in [0.25, 0.3) is 5.56 Å². The SMILES string of the molecule is C[NH+](Cc1nc2ccccc2s1)Cc1nc2ccccc2c(=O)n1CC(N)=O. The third-order valence-corrected chi connectivity index (χ3v) is 5.54. The number of rotatable bonds is 6. The maximum absolute atomic E-state index is 12.8. The lowest BCUT2D eigenvalue weighted by Crippen LogP contribution is -3.06. The Kier molecular flexibility index (Phi) is 4.89. The van der Waals surface area contributed by atoms with Gasteiger partial charge in [-0.25, -0.2) is 9.97 Å². The van der Waals surface area contributed by atoms with Crippen LogP contribution in [0.2, 0.25) is 0 Å². The average molecular weight is 394 g/mol. The summed E-state index contributed by atoms with van der Waals surface area (Å²) in [6.07, 6.45) is 0. The Morgan fingerprint density at radius 2 is 1.79 bits per heavy atom. The van der Waals surface area contributed by atoms with Crippen molar-refractivity contribution < 1.29 is 9.69 Å². The van der Waals surface area contributed by atoms with Crippen LogP contribution < -0.4 is 16.2 Å². The van der Waals surface area contributed by atoms with Gasteiger partial charge in [0.2, 0.25) is 5.91 Å². The van der Waals surface area contributed by atoms with E-state index in [1.54, 1.807) is 29.5 Å². The minimum absolute atomic E-state index is 0.180. The zero-order valence-electron chi connectivity index (χ0n) is 15.4. The first kappa shape index (κ1) is 18.3. The molecule has 0 bridgehead atoms. The molecule has 4 aromatic rings. The number of hydrogen-bond donors (Lipinski definition) is 2. The van der Waals surface area contributed by atoms with Crippen molar-refractivity contribution in [2.45, 2.75) is 19.6 Å². The van der Waals surface area contributed by atoms with Crippen molar-refractivity contribution in [2.24, 2.45) is 5.73 Å². The first-order valence-corrected chi connectivity index (χ1v) is 9.75. The van der Waals surface area contributed by atoms with E-state index >= 15 is 0 Å². The van der Waals surface area contributed by atoms with Gasteiger partial charge < -0.3 is 10.6 Å². The first-order chi connectivity index (χ1) is 13.5. The van der Waals surface area contributed by atoms with E-state index in [1.165, 1.54) is 4.57 Å². The maximum atomic E-state index is 12.8. The fourth-order valence-electron chi connectivity index (χ4n) is 3.25. The van der Waals surface area contributed by atoms with E-state index in [1.807, 2.05) is 31.3 Å². The van der Waals surface area contributed by atoms with E-state index < -0.39 is 5.91 Å². The number of quaternary nitrogens is 1. The number of carbonyl (C=O) groups is 1. The Morgan fingerprint density at radius 3 is 2.54 bits per heavy atom. The number of amides is 1. The van der Waals surface area contributed by atoms with Crippen molar-refractivity contribution in [1.29, 1.82) is 0 Å². The molecule has 4 rings (SSSR count). The van der Waals surface area contributed by atoms with Crippen molar-refractivity contribution >= 4 is 38.4 Å². The topological polar surface area (TPSA) is 95.3 Å². The van der Waals surface area contributed by atoms with Crippen LogP contribution in [0, 0.1) is 0 Å². The summed E-state index contributed by atoms with van der Waals surface area (Å²) in [5.41, 5.74) is 6.73. The van der Waals surface area contributed by atoms with E-state index in [0.29, 0.717) is 29.8 Å². The molecule has 0 fully saturated rings. The number of benzene rings is 2. The lowest BCUT2D eigenvalue weighted by atomic mass is 10.2. The maximum Gasteiger partial charge on any atom is 0.262 e. The van der Waals surface area contributed by atoms with Crippen LogP contribution >= 0.6 is 11.3 Å². The molecule has 0 aliphatic rings. The van der Waals surface area contributed by atoms with Crippen LogP contribution in [0.5, 0.6) is 0 Å². The number of nitrogens with two attached hydrogens (primary N) is 1. The summed E-state index contributed by atoms with van der Waals surface area (Å²) in [4.78, 5) is 34.8. The number of carbonyl (C=O) groups excluding carboxylic acids is 1. The summed E-state index contributed by atoms with van der Waals surface area (Å²) in [7, 11) is 2.02. The fourth-order valence-corrected chi connectivity index (χ4v) is 4.34. The van der Waals surface area contributed by atoms with Gasteiger partial charge in [-0.05, 0) is 24.3 Å². The Labute approximate surface area is 165 Å². The van der Waals surface area contributed by atoms with Gasteiger partial charge in [-0.3, -0.25) is 14.2 Å². The standard InChI is InChI=1S/C20H19N5O2S/c1-24(12-19-23-15-8-4-5-9-16(15)28-19)11-18-22-14-7-3-2-6-13(14)20(27)25(18)10-17(21)26/h2-9H,10-12H2,1H3,(H2,21,26)/p+1. The van der Waals surface area contributed by atoms with Crippen molar-refractivity contribution in [2.75, 3.05) is 7.05 Å². The molecule has 0 aliphatic heterocycles. The minimum atomic E-state index is -0.566. The number of nitrogens with one attached hydrogen (secondary N) is 1. The minimum Gasteiger partial charge on any atom is -0.368 e. The van der Waals surface area contributed by atoms with Gasteiger partial charge in [0, 0.05) is 0 Å². The Morgan fingerprint density at radius 1 is 1.07 bits per heavy atom. The fraction of sp³-hybridized carbons (Fsp3) is 0.200. The van der Waals surface area contributed by atoms with Gasteiger partial charge in [0.1, 0.15) is 24.6 Å². The molecule has 142 valence electrons. The Hall–Kier alpha value is -3.10. The number of thiazole rings is 1. The van der Waals surface area contributed by atoms with Gasteiger partial charge >= 0.3 is 0 Å². The Balaban J connectivity index is 1.65. The monoisotopic (exact) mass is 394 g/mol. The highest BCUT2D eigenvalue weighted by Gasteiger charge is 2.17. The molecular weight excluding hydrogens is 374 g/mol. The molecule has 1 unspecified atom stereocenters. The molecule has 1 amide bonds. The lowest BCUT2D eigenvalue weighted by molar-refractivity contribution is -0.908. The number of primary amides is 1. The molecule has 3 N–H and O–H groups in total. The smallest absolute Gasteiger partial charge is 0.262 e. The molecule has 28 heavy (non-hydrogen) atoms. The molecule has 0 saturated heterocycles. The van der Waals surface area contributed by atoms with E-state index in [4.69, 9.17) is 5.73 Å². The average Bonchev–Trinajstić information content (AvgIpc) is 3.06. The molecule has 2 aromatic heterocycles. The van der Waals surface area contributed by atoms with Crippen LogP contribution in [0.4, 0.5) is 0 Å². The van der Waals surface area contributed by atoms with Gasteiger partial charge in [-0.1, -0.05) is 24.3 Å². The van der Waals surface area contributed by atoms with Crippen LogP contribution in [-0.2, 0) is 24.4 Å². The number of nitrogens with zero attached hydrogens (tertiary/aromatic N) is 3. The van der Waals surface area contributed by atoms with Crippen LogP contribution in [0.25, 0.3) is 21.1 Å². The molecule has 8 heteroatoms. The lowest BCUT2D eigenvalue weighted by Gasteiger charge is -2.16. The molecule has 2 heterocycles. The molecule has 1 atom stereocenters. The predicted octanol–water partition coefficient (Wildman–Crippen LogP) is 0.706.